The molecule has 1 aliphatic heterocycles. The Morgan fingerprint density at radius 1 is 1.23 bits per heavy atom. The van der Waals surface area contributed by atoms with Gasteiger partial charge in [0, 0.05) is 30.3 Å². The number of thioether (sulfide) groups is 1. The van der Waals surface area contributed by atoms with Gasteiger partial charge < -0.3 is 4.98 Å². The van der Waals surface area contributed by atoms with E-state index in [2.05, 4.69) is 38.9 Å². The highest BCUT2D eigenvalue weighted by molar-refractivity contribution is 7.99. The third-order valence-corrected chi connectivity index (χ3v) is 5.85. The minimum absolute atomic E-state index is 0.348. The van der Waals surface area contributed by atoms with Gasteiger partial charge in [-0.2, -0.15) is 0 Å². The van der Waals surface area contributed by atoms with Crippen molar-refractivity contribution >= 4 is 22.8 Å². The Balaban J connectivity index is 1.43. The third-order valence-electron chi connectivity index (χ3n) is 4.88. The zero-order chi connectivity index (χ0) is 17.8. The zero-order valence-corrected chi connectivity index (χ0v) is 16.0. The molecule has 1 aliphatic rings. The second-order valence-electron chi connectivity index (χ2n) is 6.84. The topological polar surface area (TPSA) is 57.7 Å². The number of unbranched alkanes of at least 4 members (excludes halogenated alkanes) is 1. The molecule has 3 aromatic rings. The number of aromatic amines is 1. The lowest BCUT2D eigenvalue weighted by Crippen LogP contribution is -2.23. The molecule has 3 heterocycles. The molecule has 1 atom stereocenters. The molecular weight excluding hydrogens is 342 g/mol. The van der Waals surface area contributed by atoms with Gasteiger partial charge in [0.15, 0.2) is 5.16 Å². The van der Waals surface area contributed by atoms with Crippen LogP contribution in [-0.4, -0.2) is 37.1 Å². The van der Waals surface area contributed by atoms with Crippen LogP contribution in [0.4, 0.5) is 0 Å². The van der Waals surface area contributed by atoms with E-state index in [0.29, 0.717) is 6.04 Å². The fraction of sp³-hybridized carbons (Fsp3) is 0.450. The smallest absolute Gasteiger partial charge is 0.187 e. The number of aromatic nitrogens is 4. The van der Waals surface area contributed by atoms with Gasteiger partial charge in [-0.3, -0.25) is 4.90 Å². The molecule has 0 spiro atoms. The maximum Gasteiger partial charge on any atom is 0.187 e. The molecule has 1 aromatic carbocycles. The van der Waals surface area contributed by atoms with Crippen molar-refractivity contribution in [3.63, 3.8) is 0 Å². The van der Waals surface area contributed by atoms with E-state index in [1.54, 1.807) is 11.8 Å². The van der Waals surface area contributed by atoms with Crippen molar-refractivity contribution in [1.29, 1.82) is 0 Å². The average molecular weight is 368 g/mol. The number of fused-ring (bicyclic) bond motifs is 1. The molecule has 2 aromatic heterocycles. The second-order valence-corrected chi connectivity index (χ2v) is 7.91. The summed E-state index contributed by atoms with van der Waals surface area (Å²) in [6, 6.07) is 8.59. The molecule has 0 radical (unpaired) electrons. The number of benzene rings is 1. The van der Waals surface area contributed by atoms with E-state index in [0.717, 1.165) is 47.3 Å². The number of likely N-dealkylation sites (tertiary alicyclic amines) is 1. The van der Waals surface area contributed by atoms with Gasteiger partial charge in [-0.05, 0) is 37.9 Å². The quantitative estimate of drug-likeness (QED) is 0.376. The van der Waals surface area contributed by atoms with Crippen LogP contribution in [0.1, 0.15) is 50.0 Å². The molecule has 1 saturated heterocycles. The lowest BCUT2D eigenvalue weighted by atomic mass is 10.2. The van der Waals surface area contributed by atoms with Crippen LogP contribution in [0.5, 0.6) is 0 Å². The summed E-state index contributed by atoms with van der Waals surface area (Å²) in [7, 11) is 0. The molecule has 136 valence electrons. The van der Waals surface area contributed by atoms with Crippen LogP contribution < -0.4 is 0 Å². The van der Waals surface area contributed by atoms with Crippen molar-refractivity contribution in [1.82, 2.24) is 24.8 Å². The number of para-hydroxylation sites is 2. The SMILES string of the molecule is CCCCSc1ncc(CN2CCCC2c2nc3ccccc3[nH]2)cn1. The van der Waals surface area contributed by atoms with Gasteiger partial charge in [0.25, 0.3) is 0 Å². The number of rotatable bonds is 7. The van der Waals surface area contributed by atoms with Crippen LogP contribution in [0, 0.1) is 0 Å². The Morgan fingerprint density at radius 2 is 2.08 bits per heavy atom. The molecule has 4 rings (SSSR count). The van der Waals surface area contributed by atoms with Gasteiger partial charge in [-0.25, -0.2) is 15.0 Å². The zero-order valence-electron chi connectivity index (χ0n) is 15.2. The number of nitrogens with zero attached hydrogens (tertiary/aromatic N) is 4. The van der Waals surface area contributed by atoms with E-state index in [1.807, 2.05) is 24.5 Å². The molecule has 0 aliphatic carbocycles. The molecule has 0 saturated carbocycles. The second kappa shape index (κ2) is 8.18. The van der Waals surface area contributed by atoms with Crippen molar-refractivity contribution in [2.45, 2.75) is 50.4 Å². The first kappa shape index (κ1) is 17.5. The first-order valence-corrected chi connectivity index (χ1v) is 10.4. The number of hydrogen-bond acceptors (Lipinski definition) is 5. The molecule has 1 unspecified atom stereocenters. The monoisotopic (exact) mass is 367 g/mol. The maximum atomic E-state index is 4.81. The lowest BCUT2D eigenvalue weighted by Gasteiger charge is -2.22. The summed E-state index contributed by atoms with van der Waals surface area (Å²) >= 11 is 1.75. The molecule has 1 N–H and O–H groups in total. The molecular formula is C20H25N5S. The standard InChI is InChI=1S/C20H25N5S/c1-2-3-11-26-20-21-12-15(13-22-20)14-25-10-6-9-18(25)19-23-16-7-4-5-8-17(16)24-19/h4-5,7-8,12-13,18H,2-3,6,9-11,14H2,1H3,(H,23,24). The Labute approximate surface area is 158 Å². The van der Waals surface area contributed by atoms with Crippen LogP contribution >= 0.6 is 11.8 Å². The normalized spacial score (nSPS) is 18.0. The largest absolute Gasteiger partial charge is 0.341 e. The highest BCUT2D eigenvalue weighted by atomic mass is 32.2. The molecule has 5 nitrogen and oxygen atoms in total. The van der Waals surface area contributed by atoms with Crippen molar-refractivity contribution in [3.8, 4) is 0 Å². The molecule has 6 heteroatoms. The predicted molar refractivity (Wildman–Crippen MR) is 106 cm³/mol. The Morgan fingerprint density at radius 3 is 2.88 bits per heavy atom. The van der Waals surface area contributed by atoms with Crippen LogP contribution in [0.15, 0.2) is 41.8 Å². The van der Waals surface area contributed by atoms with Gasteiger partial charge in [0.05, 0.1) is 17.1 Å². The van der Waals surface area contributed by atoms with Gasteiger partial charge >= 0.3 is 0 Å². The highest BCUT2D eigenvalue weighted by Gasteiger charge is 2.28. The van der Waals surface area contributed by atoms with E-state index < -0.39 is 0 Å². The number of hydrogen-bond donors (Lipinski definition) is 1. The number of imidazole rings is 1. The Hall–Kier alpha value is -1.92. The number of nitrogens with one attached hydrogen (secondary N) is 1. The van der Waals surface area contributed by atoms with E-state index in [-0.39, 0.29) is 0 Å². The summed E-state index contributed by atoms with van der Waals surface area (Å²) in [5.41, 5.74) is 3.34. The fourth-order valence-electron chi connectivity index (χ4n) is 3.50. The van der Waals surface area contributed by atoms with Gasteiger partial charge in [-0.1, -0.05) is 37.2 Å². The van der Waals surface area contributed by atoms with Gasteiger partial charge in [0.2, 0.25) is 0 Å². The first-order chi connectivity index (χ1) is 12.8. The van der Waals surface area contributed by atoms with Gasteiger partial charge in [0.1, 0.15) is 5.82 Å². The number of H-pyrrole nitrogens is 1. The van der Waals surface area contributed by atoms with Crippen LogP contribution in [0.25, 0.3) is 11.0 Å². The summed E-state index contributed by atoms with van der Waals surface area (Å²) in [4.78, 5) is 19.9. The highest BCUT2D eigenvalue weighted by Crippen LogP contribution is 2.32. The molecule has 0 amide bonds. The minimum atomic E-state index is 0.348. The van der Waals surface area contributed by atoms with Crippen molar-refractivity contribution < 1.29 is 0 Å². The van der Waals surface area contributed by atoms with E-state index in [4.69, 9.17) is 4.98 Å². The molecule has 1 fully saturated rings. The summed E-state index contributed by atoms with van der Waals surface area (Å²) in [5, 5.41) is 0.887. The summed E-state index contributed by atoms with van der Waals surface area (Å²) in [6.45, 7) is 4.18. The predicted octanol–water partition coefficient (Wildman–Crippen LogP) is 4.58. The summed E-state index contributed by atoms with van der Waals surface area (Å²) < 4.78 is 0. The van der Waals surface area contributed by atoms with Crippen molar-refractivity contribution in [2.24, 2.45) is 0 Å². The van der Waals surface area contributed by atoms with Crippen LogP contribution in [0.2, 0.25) is 0 Å². The van der Waals surface area contributed by atoms with Crippen molar-refractivity contribution in [3.05, 3.63) is 48.0 Å². The van der Waals surface area contributed by atoms with E-state index in [9.17, 15) is 0 Å². The van der Waals surface area contributed by atoms with E-state index >= 15 is 0 Å². The van der Waals surface area contributed by atoms with E-state index in [1.165, 1.54) is 24.8 Å². The summed E-state index contributed by atoms with van der Waals surface area (Å²) in [5.74, 6) is 2.17. The summed E-state index contributed by atoms with van der Waals surface area (Å²) in [6.07, 6.45) is 8.73. The third kappa shape index (κ3) is 3.91. The maximum absolute atomic E-state index is 4.81. The van der Waals surface area contributed by atoms with Crippen LogP contribution in [-0.2, 0) is 6.54 Å². The first-order valence-electron chi connectivity index (χ1n) is 9.46. The molecule has 0 bridgehead atoms. The Kier molecular flexibility index (Phi) is 5.51. The Bertz CT molecular complexity index is 812. The minimum Gasteiger partial charge on any atom is -0.341 e. The van der Waals surface area contributed by atoms with Crippen LogP contribution in [0.3, 0.4) is 0 Å². The van der Waals surface area contributed by atoms with Crippen molar-refractivity contribution in [2.75, 3.05) is 12.3 Å². The van der Waals surface area contributed by atoms with Gasteiger partial charge in [-0.15, -0.1) is 0 Å². The molecule has 26 heavy (non-hydrogen) atoms. The average Bonchev–Trinajstić information content (AvgIpc) is 3.29. The lowest BCUT2D eigenvalue weighted by molar-refractivity contribution is 0.240. The fourth-order valence-corrected chi connectivity index (χ4v) is 4.37.